The monoisotopic (exact) mass is 463 g/mol. The Balaban J connectivity index is 1.52. The molecule has 0 radical (unpaired) electrons. The summed E-state index contributed by atoms with van der Waals surface area (Å²) in [6.45, 7) is 2.09. The minimum atomic E-state index is -0.786. The van der Waals surface area contributed by atoms with E-state index < -0.39 is 17.0 Å². The molecule has 0 bridgehead atoms. The number of Topliss-reactive ketones (excluding diaryl/α,β-unsaturated/α-hetero) is 1. The largest absolute Gasteiger partial charge is 0.384 e. The zero-order valence-corrected chi connectivity index (χ0v) is 18.9. The second-order valence-corrected chi connectivity index (χ2v) is 8.79. The molecule has 1 fully saturated rings. The highest BCUT2D eigenvalue weighted by atomic mass is 32.1. The first kappa shape index (κ1) is 23.9. The number of anilines is 1. The van der Waals surface area contributed by atoms with Crippen molar-refractivity contribution in [2.75, 3.05) is 45.6 Å². The van der Waals surface area contributed by atoms with Gasteiger partial charge in [-0.05, 0) is 43.8 Å². The van der Waals surface area contributed by atoms with E-state index in [0.29, 0.717) is 32.5 Å². The van der Waals surface area contributed by atoms with E-state index in [9.17, 15) is 19.2 Å². The van der Waals surface area contributed by atoms with Crippen molar-refractivity contribution in [3.8, 4) is 0 Å². The van der Waals surface area contributed by atoms with Gasteiger partial charge in [0.15, 0.2) is 5.78 Å². The van der Waals surface area contributed by atoms with Crippen molar-refractivity contribution in [2.24, 2.45) is 5.92 Å². The third-order valence-electron chi connectivity index (χ3n) is 5.61. The number of aromatic amines is 1. The Labute approximate surface area is 189 Å². The van der Waals surface area contributed by atoms with Gasteiger partial charge >= 0.3 is 5.69 Å². The van der Waals surface area contributed by atoms with Crippen molar-refractivity contribution in [1.82, 2.24) is 19.8 Å². The number of ketones is 1. The lowest BCUT2D eigenvalue weighted by molar-refractivity contribution is -0.126. The second-order valence-electron chi connectivity index (χ2n) is 7.76. The summed E-state index contributed by atoms with van der Waals surface area (Å²) in [5, 5.41) is 5.01. The SMILES string of the molecule is COCCn1c(N)c(C(=O)CN2CCC(C(=O)NCCc3cccs3)CC2)c(=O)[nH]c1=O. The highest BCUT2D eigenvalue weighted by Gasteiger charge is 2.27. The van der Waals surface area contributed by atoms with Gasteiger partial charge in [0, 0.05) is 24.4 Å². The summed E-state index contributed by atoms with van der Waals surface area (Å²) in [4.78, 5) is 54.7. The number of nitrogens with zero attached hydrogens (tertiary/aromatic N) is 2. The van der Waals surface area contributed by atoms with E-state index in [4.69, 9.17) is 10.5 Å². The third-order valence-corrected chi connectivity index (χ3v) is 6.55. The molecule has 3 rings (SSSR count). The van der Waals surface area contributed by atoms with Crippen molar-refractivity contribution < 1.29 is 14.3 Å². The number of likely N-dealkylation sites (tertiary alicyclic amines) is 1. The number of nitrogen functional groups attached to an aromatic ring is 1. The number of H-pyrrole nitrogens is 1. The highest BCUT2D eigenvalue weighted by Crippen LogP contribution is 2.18. The molecule has 11 heteroatoms. The van der Waals surface area contributed by atoms with E-state index in [1.807, 2.05) is 22.4 Å². The van der Waals surface area contributed by atoms with Crippen molar-refractivity contribution in [3.05, 3.63) is 48.8 Å². The number of aromatic nitrogens is 2. The number of nitrogens with one attached hydrogen (secondary N) is 2. The molecule has 0 unspecified atom stereocenters. The Hall–Kier alpha value is -2.76. The summed E-state index contributed by atoms with van der Waals surface area (Å²) in [7, 11) is 1.48. The van der Waals surface area contributed by atoms with Crippen molar-refractivity contribution in [1.29, 1.82) is 0 Å². The van der Waals surface area contributed by atoms with Crippen LogP contribution in [-0.4, -0.2) is 66.0 Å². The summed E-state index contributed by atoms with van der Waals surface area (Å²) in [5.41, 5.74) is 4.30. The van der Waals surface area contributed by atoms with Crippen molar-refractivity contribution in [2.45, 2.75) is 25.8 Å². The van der Waals surface area contributed by atoms with Crippen LogP contribution in [-0.2, 0) is 22.5 Å². The van der Waals surface area contributed by atoms with E-state index in [2.05, 4.69) is 10.3 Å². The van der Waals surface area contributed by atoms with Crippen LogP contribution in [0, 0.1) is 5.92 Å². The van der Waals surface area contributed by atoms with Crippen LogP contribution >= 0.6 is 11.3 Å². The van der Waals surface area contributed by atoms with Gasteiger partial charge in [-0.1, -0.05) is 6.07 Å². The zero-order chi connectivity index (χ0) is 23.1. The summed E-state index contributed by atoms with van der Waals surface area (Å²) in [5.74, 6) is -0.651. The van der Waals surface area contributed by atoms with Crippen LogP contribution in [0.5, 0.6) is 0 Å². The predicted octanol–water partition coefficient (Wildman–Crippen LogP) is 0.0803. The Bertz CT molecular complexity index is 1040. The summed E-state index contributed by atoms with van der Waals surface area (Å²) in [6.07, 6.45) is 2.09. The lowest BCUT2D eigenvalue weighted by Crippen LogP contribution is -2.44. The molecule has 1 saturated heterocycles. The Morgan fingerprint density at radius 2 is 2.06 bits per heavy atom. The lowest BCUT2D eigenvalue weighted by Gasteiger charge is -2.30. The topological polar surface area (TPSA) is 140 Å². The number of nitrogens with two attached hydrogens (primary N) is 1. The molecule has 3 heterocycles. The first-order valence-corrected chi connectivity index (χ1v) is 11.5. The quantitative estimate of drug-likeness (QED) is 0.424. The van der Waals surface area contributed by atoms with Gasteiger partial charge in [0.25, 0.3) is 5.56 Å². The van der Waals surface area contributed by atoms with Crippen LogP contribution in [0.1, 0.15) is 28.1 Å². The number of piperidine rings is 1. The van der Waals surface area contributed by atoms with E-state index >= 15 is 0 Å². The number of rotatable bonds is 10. The van der Waals surface area contributed by atoms with Gasteiger partial charge in [0.1, 0.15) is 11.4 Å². The molecule has 174 valence electrons. The molecular formula is C21H29N5O5S. The van der Waals surface area contributed by atoms with Crippen LogP contribution in [0.4, 0.5) is 5.82 Å². The van der Waals surface area contributed by atoms with Crippen LogP contribution in [0.3, 0.4) is 0 Å². The van der Waals surface area contributed by atoms with Gasteiger partial charge in [-0.3, -0.25) is 28.8 Å². The van der Waals surface area contributed by atoms with Gasteiger partial charge in [-0.25, -0.2) is 4.79 Å². The average Bonchev–Trinajstić information content (AvgIpc) is 3.27. The third kappa shape index (κ3) is 5.93. The van der Waals surface area contributed by atoms with Crippen LogP contribution in [0.25, 0.3) is 0 Å². The highest BCUT2D eigenvalue weighted by molar-refractivity contribution is 7.09. The van der Waals surface area contributed by atoms with Crippen LogP contribution < -0.4 is 22.3 Å². The van der Waals surface area contributed by atoms with E-state index in [1.165, 1.54) is 12.0 Å². The fourth-order valence-corrected chi connectivity index (χ4v) is 4.51. The maximum atomic E-state index is 12.8. The van der Waals surface area contributed by atoms with Crippen molar-refractivity contribution in [3.63, 3.8) is 0 Å². The van der Waals surface area contributed by atoms with Gasteiger partial charge in [0.2, 0.25) is 5.91 Å². The van der Waals surface area contributed by atoms with E-state index in [0.717, 1.165) is 11.0 Å². The number of hydrogen-bond acceptors (Lipinski definition) is 8. The van der Waals surface area contributed by atoms with Gasteiger partial charge < -0.3 is 15.8 Å². The lowest BCUT2D eigenvalue weighted by atomic mass is 9.95. The van der Waals surface area contributed by atoms with Crippen LogP contribution in [0.2, 0.25) is 0 Å². The molecule has 0 saturated carbocycles. The molecular weight excluding hydrogens is 434 g/mol. The Morgan fingerprint density at radius 3 is 2.72 bits per heavy atom. The number of ether oxygens (including phenoxy) is 1. The zero-order valence-electron chi connectivity index (χ0n) is 18.1. The summed E-state index contributed by atoms with van der Waals surface area (Å²) < 4.78 is 6.08. The molecule has 32 heavy (non-hydrogen) atoms. The van der Waals surface area contributed by atoms with Crippen molar-refractivity contribution >= 4 is 28.8 Å². The molecule has 2 aromatic rings. The normalized spacial score (nSPS) is 15.0. The first-order valence-electron chi connectivity index (χ1n) is 10.6. The number of thiophene rings is 1. The molecule has 1 aliphatic heterocycles. The van der Waals surface area contributed by atoms with Gasteiger partial charge in [-0.2, -0.15) is 0 Å². The summed E-state index contributed by atoms with van der Waals surface area (Å²) >= 11 is 1.67. The average molecular weight is 464 g/mol. The molecule has 4 N–H and O–H groups in total. The molecule has 1 amide bonds. The molecule has 10 nitrogen and oxygen atoms in total. The standard InChI is InChI=1S/C21H29N5O5S/c1-31-11-10-26-18(22)17(20(29)24-21(26)30)16(27)13-25-8-5-14(6-9-25)19(28)23-7-4-15-3-2-12-32-15/h2-3,12,14H,4-11,13,22H2,1H3,(H,23,28)(H,24,29,30). The molecule has 1 aliphatic rings. The first-order chi connectivity index (χ1) is 15.4. The number of carbonyl (C=O) groups excluding carboxylic acids is 2. The van der Waals surface area contributed by atoms with E-state index in [1.54, 1.807) is 11.3 Å². The number of amides is 1. The minimum Gasteiger partial charge on any atom is -0.384 e. The number of carbonyl (C=O) groups is 2. The predicted molar refractivity (Wildman–Crippen MR) is 122 cm³/mol. The molecule has 2 aromatic heterocycles. The molecule has 0 aromatic carbocycles. The maximum Gasteiger partial charge on any atom is 0.330 e. The number of methoxy groups -OCH3 is 1. The summed E-state index contributed by atoms with van der Waals surface area (Å²) in [6, 6.07) is 4.04. The number of hydrogen-bond donors (Lipinski definition) is 3. The Morgan fingerprint density at radius 1 is 1.31 bits per heavy atom. The Kier molecular flexibility index (Phi) is 8.37. The van der Waals surface area contributed by atoms with Gasteiger partial charge in [-0.15, -0.1) is 11.3 Å². The molecule has 0 spiro atoms. The second kappa shape index (κ2) is 11.2. The maximum absolute atomic E-state index is 12.8. The van der Waals surface area contributed by atoms with Crippen LogP contribution in [0.15, 0.2) is 27.1 Å². The van der Waals surface area contributed by atoms with E-state index in [-0.39, 0.29) is 42.9 Å². The van der Waals surface area contributed by atoms with Gasteiger partial charge in [0.05, 0.1) is 19.7 Å². The fourth-order valence-electron chi connectivity index (χ4n) is 3.81. The molecule has 0 aliphatic carbocycles. The molecule has 0 atom stereocenters. The minimum absolute atomic E-state index is 0.00246. The fraction of sp³-hybridized carbons (Fsp3) is 0.524. The smallest absolute Gasteiger partial charge is 0.330 e.